The van der Waals surface area contributed by atoms with Gasteiger partial charge in [0.1, 0.15) is 5.75 Å². The van der Waals surface area contributed by atoms with E-state index in [0.717, 1.165) is 30.9 Å². The Morgan fingerprint density at radius 1 is 1.21 bits per heavy atom. The van der Waals surface area contributed by atoms with Crippen molar-refractivity contribution in [2.24, 2.45) is 0 Å². The molecule has 2 aromatic rings. The van der Waals surface area contributed by atoms with E-state index in [4.69, 9.17) is 9.47 Å². The van der Waals surface area contributed by atoms with E-state index in [1.54, 1.807) is 19.2 Å². The Morgan fingerprint density at radius 3 is 2.54 bits per heavy atom. The molecule has 1 fully saturated rings. The van der Waals surface area contributed by atoms with Crippen molar-refractivity contribution < 1.29 is 14.4 Å². The molecule has 0 amide bonds. The number of non-ortho nitro benzene ring substituents is 1. The molecule has 24 heavy (non-hydrogen) atoms. The van der Waals surface area contributed by atoms with Crippen LogP contribution in [0.1, 0.15) is 17.2 Å². The van der Waals surface area contributed by atoms with Crippen molar-refractivity contribution in [1.29, 1.82) is 0 Å². The number of ether oxygens (including phenoxy) is 2. The summed E-state index contributed by atoms with van der Waals surface area (Å²) in [6.07, 6.45) is -0.0576. The highest BCUT2D eigenvalue weighted by molar-refractivity contribution is 5.34. The Bertz CT molecular complexity index is 685. The van der Waals surface area contributed by atoms with Gasteiger partial charge in [-0.3, -0.25) is 15.0 Å². The number of nitro benzene ring substituents is 1. The Labute approximate surface area is 140 Å². The Hall–Kier alpha value is -2.44. The predicted molar refractivity (Wildman–Crippen MR) is 90.1 cm³/mol. The summed E-state index contributed by atoms with van der Waals surface area (Å²) >= 11 is 0. The third-order valence-electron chi connectivity index (χ3n) is 4.19. The first-order valence-corrected chi connectivity index (χ1v) is 7.87. The molecule has 0 N–H and O–H groups in total. The molecule has 126 valence electrons. The standard InChI is InChI=1S/C18H20N2O4/c1-23-17-8-2-14(3-9-17)12-19-10-11-24-18(13-19)15-4-6-16(7-5-15)20(21)22/h2-9,18H,10-13H2,1H3. The molecule has 0 aromatic heterocycles. The van der Waals surface area contributed by atoms with Gasteiger partial charge in [-0.1, -0.05) is 12.1 Å². The molecule has 2 aromatic carbocycles. The van der Waals surface area contributed by atoms with E-state index >= 15 is 0 Å². The van der Waals surface area contributed by atoms with Crippen LogP contribution in [0.25, 0.3) is 0 Å². The molecule has 3 rings (SSSR count). The highest BCUT2D eigenvalue weighted by Crippen LogP contribution is 2.25. The number of morpholine rings is 1. The fourth-order valence-corrected chi connectivity index (χ4v) is 2.85. The molecule has 6 heteroatoms. The number of benzene rings is 2. The predicted octanol–water partition coefficient (Wildman–Crippen LogP) is 3.18. The molecule has 1 aliphatic rings. The minimum atomic E-state index is -0.387. The SMILES string of the molecule is COc1ccc(CN2CCOC(c3ccc([N+](=O)[O-])cc3)C2)cc1. The van der Waals surface area contributed by atoms with Gasteiger partial charge in [0.25, 0.3) is 5.69 Å². The van der Waals surface area contributed by atoms with E-state index < -0.39 is 0 Å². The lowest BCUT2D eigenvalue weighted by Crippen LogP contribution is -2.37. The van der Waals surface area contributed by atoms with Crippen LogP contribution in [0.3, 0.4) is 0 Å². The second kappa shape index (κ2) is 7.42. The first kappa shape index (κ1) is 16.4. The summed E-state index contributed by atoms with van der Waals surface area (Å²) in [6.45, 7) is 3.13. The summed E-state index contributed by atoms with van der Waals surface area (Å²) in [5.41, 5.74) is 2.30. The average molecular weight is 328 g/mol. The normalized spacial score (nSPS) is 18.3. The molecule has 0 spiro atoms. The Morgan fingerprint density at radius 2 is 1.92 bits per heavy atom. The minimum Gasteiger partial charge on any atom is -0.497 e. The van der Waals surface area contributed by atoms with Crippen LogP contribution in [-0.2, 0) is 11.3 Å². The van der Waals surface area contributed by atoms with Gasteiger partial charge in [-0.25, -0.2) is 0 Å². The van der Waals surface area contributed by atoms with Gasteiger partial charge in [-0.15, -0.1) is 0 Å². The fourth-order valence-electron chi connectivity index (χ4n) is 2.85. The van der Waals surface area contributed by atoms with Gasteiger partial charge in [0, 0.05) is 31.8 Å². The molecule has 6 nitrogen and oxygen atoms in total. The first-order chi connectivity index (χ1) is 11.7. The number of hydrogen-bond donors (Lipinski definition) is 0. The summed E-state index contributed by atoms with van der Waals surface area (Å²) in [5.74, 6) is 0.851. The monoisotopic (exact) mass is 328 g/mol. The molecular formula is C18H20N2O4. The summed E-state index contributed by atoms with van der Waals surface area (Å²) in [6, 6.07) is 14.7. The van der Waals surface area contributed by atoms with Crippen LogP contribution >= 0.6 is 0 Å². The number of methoxy groups -OCH3 is 1. The van der Waals surface area contributed by atoms with Crippen LogP contribution < -0.4 is 4.74 Å². The van der Waals surface area contributed by atoms with Crippen molar-refractivity contribution in [3.05, 3.63) is 69.8 Å². The maximum absolute atomic E-state index is 10.7. The van der Waals surface area contributed by atoms with E-state index in [2.05, 4.69) is 17.0 Å². The maximum atomic E-state index is 10.7. The van der Waals surface area contributed by atoms with Gasteiger partial charge in [-0.05, 0) is 35.4 Å². The van der Waals surface area contributed by atoms with Crippen LogP contribution in [0, 0.1) is 10.1 Å². The van der Waals surface area contributed by atoms with Gasteiger partial charge < -0.3 is 9.47 Å². The van der Waals surface area contributed by atoms with Crippen molar-refractivity contribution in [2.45, 2.75) is 12.6 Å². The quantitative estimate of drug-likeness (QED) is 0.623. The van der Waals surface area contributed by atoms with Crippen molar-refractivity contribution in [2.75, 3.05) is 26.8 Å². The lowest BCUT2D eigenvalue weighted by molar-refractivity contribution is -0.384. The van der Waals surface area contributed by atoms with E-state index in [-0.39, 0.29) is 16.7 Å². The van der Waals surface area contributed by atoms with Crippen LogP contribution in [-0.4, -0.2) is 36.6 Å². The zero-order valence-corrected chi connectivity index (χ0v) is 13.6. The zero-order chi connectivity index (χ0) is 16.9. The van der Waals surface area contributed by atoms with Gasteiger partial charge in [-0.2, -0.15) is 0 Å². The van der Waals surface area contributed by atoms with E-state index in [9.17, 15) is 10.1 Å². The second-order valence-electron chi connectivity index (χ2n) is 5.79. The molecular weight excluding hydrogens is 308 g/mol. The van der Waals surface area contributed by atoms with E-state index in [0.29, 0.717) is 6.61 Å². The summed E-state index contributed by atoms with van der Waals surface area (Å²) < 4.78 is 11.0. The molecule has 1 saturated heterocycles. The van der Waals surface area contributed by atoms with Crippen molar-refractivity contribution >= 4 is 5.69 Å². The summed E-state index contributed by atoms with van der Waals surface area (Å²) in [4.78, 5) is 12.7. The lowest BCUT2D eigenvalue weighted by atomic mass is 10.1. The van der Waals surface area contributed by atoms with E-state index in [1.165, 1.54) is 17.7 Å². The van der Waals surface area contributed by atoms with Gasteiger partial charge >= 0.3 is 0 Å². The number of hydrogen-bond acceptors (Lipinski definition) is 5. The molecule has 1 heterocycles. The zero-order valence-electron chi connectivity index (χ0n) is 13.6. The van der Waals surface area contributed by atoms with Crippen molar-refractivity contribution in [3.8, 4) is 5.75 Å². The highest BCUT2D eigenvalue weighted by Gasteiger charge is 2.22. The topological polar surface area (TPSA) is 64.8 Å². The van der Waals surface area contributed by atoms with E-state index in [1.807, 2.05) is 12.1 Å². The number of rotatable bonds is 5. The molecule has 1 atom stereocenters. The minimum absolute atomic E-state index is 0.0576. The van der Waals surface area contributed by atoms with Gasteiger partial charge in [0.2, 0.25) is 0 Å². The van der Waals surface area contributed by atoms with Crippen LogP contribution in [0.5, 0.6) is 5.75 Å². The Balaban J connectivity index is 1.64. The second-order valence-corrected chi connectivity index (χ2v) is 5.79. The first-order valence-electron chi connectivity index (χ1n) is 7.87. The average Bonchev–Trinajstić information content (AvgIpc) is 2.63. The van der Waals surface area contributed by atoms with Crippen LogP contribution in [0.15, 0.2) is 48.5 Å². The maximum Gasteiger partial charge on any atom is 0.269 e. The lowest BCUT2D eigenvalue weighted by Gasteiger charge is -2.33. The highest BCUT2D eigenvalue weighted by atomic mass is 16.6. The smallest absolute Gasteiger partial charge is 0.269 e. The summed E-state index contributed by atoms with van der Waals surface area (Å²) in [7, 11) is 1.66. The largest absolute Gasteiger partial charge is 0.497 e. The van der Waals surface area contributed by atoms with Crippen molar-refractivity contribution in [3.63, 3.8) is 0 Å². The third-order valence-corrected chi connectivity index (χ3v) is 4.19. The third kappa shape index (κ3) is 3.90. The molecule has 0 bridgehead atoms. The molecule has 0 saturated carbocycles. The molecule has 0 aliphatic carbocycles. The number of nitrogens with zero attached hydrogens (tertiary/aromatic N) is 2. The fraction of sp³-hybridized carbons (Fsp3) is 0.333. The van der Waals surface area contributed by atoms with Gasteiger partial charge in [0.15, 0.2) is 0 Å². The van der Waals surface area contributed by atoms with Gasteiger partial charge in [0.05, 0.1) is 24.7 Å². The molecule has 1 unspecified atom stereocenters. The number of nitro groups is 1. The molecule has 1 aliphatic heterocycles. The van der Waals surface area contributed by atoms with Crippen molar-refractivity contribution in [1.82, 2.24) is 4.90 Å². The summed E-state index contributed by atoms with van der Waals surface area (Å²) in [5, 5.41) is 10.7. The molecule has 0 radical (unpaired) electrons. The van der Waals surface area contributed by atoms with Crippen LogP contribution in [0.2, 0.25) is 0 Å². The Kier molecular flexibility index (Phi) is 5.08. The van der Waals surface area contributed by atoms with Crippen LogP contribution in [0.4, 0.5) is 5.69 Å².